The minimum absolute atomic E-state index is 0. The Morgan fingerprint density at radius 3 is 1.22 bits per heavy atom. The first-order valence-electron chi connectivity index (χ1n) is 20.7. The molecule has 2 saturated carbocycles. The maximum atomic E-state index is 10.7. The Balaban J connectivity index is 0.000000331. The predicted molar refractivity (Wildman–Crippen MR) is 252 cm³/mol. The Hall–Kier alpha value is -2.43. The average Bonchev–Trinajstić information content (AvgIpc) is 4.04. The first-order chi connectivity index (χ1) is 27.0. The molecule has 0 N–H and O–H groups in total. The molecule has 8 rings (SSSR count). The molecule has 0 amide bonds. The molecule has 2 aliphatic carbocycles. The molecule has 6 aromatic rings. The standard InChI is InChI=1S/2C24H27.C3H4F3.CH3.2ClH.Si.Zr/c2*1-17(2)20-10-12-21(13-11-20)23-9-5-8-22-15-19(16-24(22)23)14-18-6-3-4-7-18;1-2-3(4,5)6;;;;;/h2*5,8-13,15-18H,3-4,6-7,14H2,1-2H3;1-2H2;1H3;2*1H;;/q4*-1;;;;. The Morgan fingerprint density at radius 1 is 0.610 bits per heavy atom. The monoisotopic (exact) mass is 932 g/mol. The summed E-state index contributed by atoms with van der Waals surface area (Å²) in [5.74, 6) is 3.00. The number of rotatable bonds is 8. The maximum absolute atomic E-state index is 10.7. The van der Waals surface area contributed by atoms with E-state index in [1.54, 1.807) is 0 Å². The summed E-state index contributed by atoms with van der Waals surface area (Å²) < 4.78 is 32.2. The molecule has 7 heteroatoms. The van der Waals surface area contributed by atoms with Crippen LogP contribution in [0.25, 0.3) is 43.8 Å². The zero-order chi connectivity index (χ0) is 40.2. The molecule has 0 aromatic heterocycles. The average molecular weight is 935 g/mol. The van der Waals surface area contributed by atoms with E-state index in [4.69, 9.17) is 0 Å². The number of hydrogen-bond acceptors (Lipinski definition) is 0. The second-order valence-electron chi connectivity index (χ2n) is 16.5. The molecule has 0 nitrogen and oxygen atoms in total. The molecule has 2 radical (unpaired) electrons. The van der Waals surface area contributed by atoms with Gasteiger partial charge in [-0.1, -0.05) is 157 Å². The molecular weight excluding hydrogens is 872 g/mol. The van der Waals surface area contributed by atoms with E-state index in [0.29, 0.717) is 11.8 Å². The van der Waals surface area contributed by atoms with Gasteiger partial charge in [0.15, 0.2) is 0 Å². The van der Waals surface area contributed by atoms with Crippen LogP contribution in [-0.2, 0) is 36.2 Å². The molecule has 0 saturated heterocycles. The second kappa shape index (κ2) is 25.5. The third-order valence-electron chi connectivity index (χ3n) is 11.7. The van der Waals surface area contributed by atoms with Crippen LogP contribution in [-0.4, -0.2) is 13.1 Å². The van der Waals surface area contributed by atoms with E-state index >= 15 is 0 Å². The summed E-state index contributed by atoms with van der Waals surface area (Å²) >= 11 is 1.36. The molecule has 0 aliphatic heterocycles. The van der Waals surface area contributed by atoms with Gasteiger partial charge in [0.1, 0.15) is 0 Å². The van der Waals surface area contributed by atoms with Crippen LogP contribution >= 0.6 is 24.8 Å². The van der Waals surface area contributed by atoms with Crippen molar-refractivity contribution in [3.63, 3.8) is 0 Å². The number of halogens is 5. The molecule has 0 spiro atoms. The van der Waals surface area contributed by atoms with Gasteiger partial charge in [0.05, 0.1) is 0 Å². The number of benzene rings is 4. The van der Waals surface area contributed by atoms with Crippen LogP contribution in [0.3, 0.4) is 0 Å². The van der Waals surface area contributed by atoms with Crippen LogP contribution in [0.15, 0.2) is 109 Å². The van der Waals surface area contributed by atoms with E-state index in [0.717, 1.165) is 11.8 Å². The van der Waals surface area contributed by atoms with Crippen molar-refractivity contribution in [1.29, 1.82) is 0 Å². The molecule has 59 heavy (non-hydrogen) atoms. The van der Waals surface area contributed by atoms with Gasteiger partial charge in [0, 0.05) is 0 Å². The summed E-state index contributed by atoms with van der Waals surface area (Å²) in [6.45, 7) is 14.7. The normalized spacial score (nSPS) is 14.0. The first kappa shape index (κ1) is 52.7. The molecule has 6 aromatic carbocycles. The Kier molecular flexibility index (Phi) is 22.8. The van der Waals surface area contributed by atoms with Crippen molar-refractivity contribution in [2.45, 2.75) is 116 Å². The summed E-state index contributed by atoms with van der Waals surface area (Å²) in [4.78, 5) is 0. The van der Waals surface area contributed by atoms with Crippen LogP contribution in [0.4, 0.5) is 13.2 Å². The number of fused-ring (bicyclic) bond motifs is 2. The Labute approximate surface area is 383 Å². The second-order valence-corrected chi connectivity index (χ2v) is 16.5. The van der Waals surface area contributed by atoms with Crippen molar-refractivity contribution in [1.82, 2.24) is 0 Å². The Morgan fingerprint density at radius 2 is 0.932 bits per heavy atom. The van der Waals surface area contributed by atoms with Crippen molar-refractivity contribution in [3.05, 3.63) is 146 Å². The predicted octanol–water partition coefficient (Wildman–Crippen LogP) is 16.8. The van der Waals surface area contributed by atoms with Crippen LogP contribution in [0, 0.1) is 26.2 Å². The summed E-state index contributed by atoms with van der Waals surface area (Å²) in [6.07, 6.45) is 8.88. The molecule has 0 unspecified atom stereocenters. The van der Waals surface area contributed by atoms with Gasteiger partial charge in [-0.15, -0.1) is 93.9 Å². The number of hydrogen-bond donors (Lipinski definition) is 0. The first-order valence-corrected chi connectivity index (χ1v) is 24.8. The van der Waals surface area contributed by atoms with Crippen molar-refractivity contribution >= 4 is 53.2 Å². The van der Waals surface area contributed by atoms with Gasteiger partial charge >= 0.3 is 36.4 Å². The van der Waals surface area contributed by atoms with E-state index in [1.165, 1.54) is 154 Å². The van der Waals surface area contributed by atoms with Gasteiger partial charge in [0.25, 0.3) is 0 Å². The summed E-state index contributed by atoms with van der Waals surface area (Å²) in [7, 11) is 0. The van der Waals surface area contributed by atoms with Crippen molar-refractivity contribution in [3.8, 4) is 22.3 Å². The van der Waals surface area contributed by atoms with E-state index in [-0.39, 0.29) is 32.2 Å². The van der Waals surface area contributed by atoms with Gasteiger partial charge in [-0.05, 0) is 58.8 Å². The van der Waals surface area contributed by atoms with Gasteiger partial charge in [-0.3, -0.25) is 0 Å². The van der Waals surface area contributed by atoms with Crippen LogP contribution in [0.1, 0.15) is 120 Å². The van der Waals surface area contributed by atoms with E-state index < -0.39 is 12.6 Å². The van der Waals surface area contributed by atoms with Crippen LogP contribution < -0.4 is 0 Å². The minimum atomic E-state index is -4.07. The zero-order valence-electron chi connectivity index (χ0n) is 35.6. The molecule has 2 fully saturated rings. The third kappa shape index (κ3) is 15.2. The van der Waals surface area contributed by atoms with E-state index in [1.807, 2.05) is 0 Å². The third-order valence-corrected chi connectivity index (χ3v) is 11.7. The molecule has 2 aliphatic rings. The topological polar surface area (TPSA) is 0 Å². The Bertz CT molecular complexity index is 1940. The fourth-order valence-electron chi connectivity index (χ4n) is 8.52. The fourth-order valence-corrected chi connectivity index (χ4v) is 8.52. The van der Waals surface area contributed by atoms with Crippen molar-refractivity contribution in [2.75, 3.05) is 0 Å². The molecule has 0 bridgehead atoms. The van der Waals surface area contributed by atoms with E-state index in [2.05, 4.69) is 151 Å². The SMILES string of the molecule is CC(C)c1ccc(-c2cccc3[cH-]c(CC4CCCC4)cc23)cc1.CC(C)c1ccc(-c2cccc3[cH-]c(CC4CCCC4)cc23)cc1.Cl.Cl.[CH2-]CC(F)(F)F.[CH3-].[Si]=[Zr]. The van der Waals surface area contributed by atoms with Crippen molar-refractivity contribution < 1.29 is 36.5 Å². The molecular formula is C52H63Cl2F3SiZr-4. The van der Waals surface area contributed by atoms with Gasteiger partial charge in [-0.2, -0.15) is 25.3 Å². The van der Waals surface area contributed by atoms with Gasteiger partial charge in [0.2, 0.25) is 0 Å². The van der Waals surface area contributed by atoms with Crippen LogP contribution in [0.2, 0.25) is 0 Å². The molecule has 318 valence electrons. The van der Waals surface area contributed by atoms with Gasteiger partial charge in [-0.25, -0.2) is 0 Å². The summed E-state index contributed by atoms with van der Waals surface area (Å²) in [6, 6.07) is 41.4. The molecule has 0 heterocycles. The summed E-state index contributed by atoms with van der Waals surface area (Å²) in [5, 5.41) is 5.63. The fraction of sp³-hybridized carbons (Fsp3) is 0.385. The zero-order valence-corrected chi connectivity index (χ0v) is 40.7. The summed E-state index contributed by atoms with van der Waals surface area (Å²) in [5.41, 5.74) is 11.3. The molecule has 0 atom stereocenters. The van der Waals surface area contributed by atoms with E-state index in [9.17, 15) is 13.2 Å². The quantitative estimate of drug-likeness (QED) is 0.105. The van der Waals surface area contributed by atoms with Crippen molar-refractivity contribution in [2.24, 2.45) is 11.8 Å². The van der Waals surface area contributed by atoms with Gasteiger partial charge < -0.3 is 14.4 Å². The van der Waals surface area contributed by atoms with Crippen LogP contribution in [0.5, 0.6) is 0 Å². The number of alkyl halides is 3.